The fourth-order valence-corrected chi connectivity index (χ4v) is 3.29. The van der Waals surface area contributed by atoms with Crippen molar-refractivity contribution < 1.29 is 9.18 Å². The van der Waals surface area contributed by atoms with E-state index in [2.05, 4.69) is 41.6 Å². The molecule has 0 spiro atoms. The molecular formula is C19H11BrClFN8O. The number of nitriles is 1. The van der Waals surface area contributed by atoms with Crippen LogP contribution in [-0.2, 0) is 6.54 Å². The molecule has 0 aliphatic heterocycles. The highest BCUT2D eigenvalue weighted by Crippen LogP contribution is 2.21. The van der Waals surface area contributed by atoms with E-state index >= 15 is 0 Å². The van der Waals surface area contributed by atoms with E-state index in [1.807, 2.05) is 0 Å². The molecule has 0 unspecified atom stereocenters. The van der Waals surface area contributed by atoms with E-state index in [1.165, 1.54) is 27.6 Å². The van der Waals surface area contributed by atoms with Crippen LogP contribution in [0.15, 0.2) is 53.4 Å². The van der Waals surface area contributed by atoms with E-state index < -0.39 is 11.7 Å². The van der Waals surface area contributed by atoms with Gasteiger partial charge in [0.1, 0.15) is 27.9 Å². The maximum Gasteiger partial charge on any atom is 0.270 e. The van der Waals surface area contributed by atoms with E-state index in [0.29, 0.717) is 26.8 Å². The monoisotopic (exact) mass is 500 g/mol. The van der Waals surface area contributed by atoms with E-state index in [4.69, 9.17) is 16.9 Å². The molecule has 0 radical (unpaired) electrons. The fourth-order valence-electron chi connectivity index (χ4n) is 2.72. The van der Waals surface area contributed by atoms with E-state index in [1.54, 1.807) is 36.7 Å². The van der Waals surface area contributed by atoms with Gasteiger partial charge in [0.2, 0.25) is 0 Å². The second-order valence-corrected chi connectivity index (χ2v) is 7.41. The Balaban J connectivity index is 1.51. The third-order valence-electron chi connectivity index (χ3n) is 4.16. The summed E-state index contributed by atoms with van der Waals surface area (Å²) in [6.45, 7) is 0.0733. The molecule has 0 aliphatic rings. The lowest BCUT2D eigenvalue weighted by Gasteiger charge is -2.07. The molecule has 0 aliphatic carbocycles. The quantitative estimate of drug-likeness (QED) is 0.449. The fraction of sp³-hybridized carbons (Fsp3) is 0.0526. The molecule has 0 atom stereocenters. The van der Waals surface area contributed by atoms with Crippen LogP contribution in [-0.4, -0.2) is 35.7 Å². The van der Waals surface area contributed by atoms with Gasteiger partial charge in [0.15, 0.2) is 5.82 Å². The van der Waals surface area contributed by atoms with Gasteiger partial charge in [-0.15, -0.1) is 5.10 Å². The number of carbonyl (C=O) groups is 1. The number of halogens is 3. The van der Waals surface area contributed by atoms with Crippen LogP contribution in [0.1, 0.15) is 21.7 Å². The summed E-state index contributed by atoms with van der Waals surface area (Å²) in [5, 5.41) is 24.2. The Morgan fingerprint density at radius 1 is 1.32 bits per heavy atom. The Morgan fingerprint density at radius 2 is 2.16 bits per heavy atom. The summed E-state index contributed by atoms with van der Waals surface area (Å²) in [5.41, 5.74) is 1.04. The summed E-state index contributed by atoms with van der Waals surface area (Å²) in [4.78, 5) is 16.9. The Bertz CT molecular complexity index is 1330. The van der Waals surface area contributed by atoms with Crippen molar-refractivity contribution in [1.29, 1.82) is 5.26 Å². The lowest BCUT2D eigenvalue weighted by Crippen LogP contribution is -2.26. The standard InChI is InChI=1S/C19H11BrClFN8O/c20-17-7-16(30(27-17)18-14(21)2-1-5-24-18)19(31)25-9-12-10-29(28-26-12)13-3-4-15(22)11(6-13)8-23/h1-7,10H,9H2,(H,25,31). The molecule has 1 aromatic carbocycles. The highest BCUT2D eigenvalue weighted by atomic mass is 79.9. The normalized spacial score (nSPS) is 10.6. The van der Waals surface area contributed by atoms with Crippen molar-refractivity contribution in [1.82, 2.24) is 35.1 Å². The molecule has 3 heterocycles. The van der Waals surface area contributed by atoms with Gasteiger partial charge in [0, 0.05) is 12.3 Å². The first-order valence-electron chi connectivity index (χ1n) is 8.72. The molecule has 1 N–H and O–H groups in total. The second kappa shape index (κ2) is 8.63. The molecule has 0 bridgehead atoms. The largest absolute Gasteiger partial charge is 0.345 e. The molecule has 0 saturated heterocycles. The van der Waals surface area contributed by atoms with Gasteiger partial charge < -0.3 is 5.32 Å². The second-order valence-electron chi connectivity index (χ2n) is 6.19. The smallest absolute Gasteiger partial charge is 0.270 e. The third-order valence-corrected chi connectivity index (χ3v) is 4.84. The molecule has 0 fully saturated rings. The van der Waals surface area contributed by atoms with Gasteiger partial charge in [0.05, 0.1) is 29.0 Å². The molecule has 3 aromatic heterocycles. The number of pyridine rings is 1. The van der Waals surface area contributed by atoms with Crippen molar-refractivity contribution in [2.24, 2.45) is 0 Å². The van der Waals surface area contributed by atoms with Crippen LogP contribution in [0.4, 0.5) is 4.39 Å². The molecule has 1 amide bonds. The SMILES string of the molecule is N#Cc1cc(-n2cc(CNC(=O)c3cc(Br)nn3-c3ncccc3Cl)nn2)ccc1F. The molecule has 12 heteroatoms. The lowest BCUT2D eigenvalue weighted by atomic mass is 10.2. The summed E-state index contributed by atoms with van der Waals surface area (Å²) in [5.74, 6) is -0.728. The Kier molecular flexibility index (Phi) is 5.75. The minimum absolute atomic E-state index is 0.0733. The number of rotatable bonds is 5. The molecule has 9 nitrogen and oxygen atoms in total. The highest BCUT2D eigenvalue weighted by molar-refractivity contribution is 9.10. The molecule has 0 saturated carbocycles. The van der Waals surface area contributed by atoms with E-state index in [-0.39, 0.29) is 17.8 Å². The number of nitrogens with one attached hydrogen (secondary N) is 1. The first-order valence-corrected chi connectivity index (χ1v) is 9.89. The summed E-state index contributed by atoms with van der Waals surface area (Å²) in [7, 11) is 0. The van der Waals surface area contributed by atoms with E-state index in [0.717, 1.165) is 0 Å². The summed E-state index contributed by atoms with van der Waals surface area (Å²) >= 11 is 9.43. The van der Waals surface area contributed by atoms with Crippen molar-refractivity contribution in [3.05, 3.63) is 81.2 Å². The molecular weight excluding hydrogens is 491 g/mol. The minimum atomic E-state index is -0.616. The number of benzene rings is 1. The average Bonchev–Trinajstić information content (AvgIpc) is 3.39. The zero-order valence-electron chi connectivity index (χ0n) is 15.5. The molecule has 4 aromatic rings. The zero-order valence-corrected chi connectivity index (χ0v) is 17.8. The summed E-state index contributed by atoms with van der Waals surface area (Å²) in [6.07, 6.45) is 3.11. The number of aromatic nitrogens is 6. The predicted molar refractivity (Wildman–Crippen MR) is 111 cm³/mol. The van der Waals surface area contributed by atoms with Gasteiger partial charge in [-0.25, -0.2) is 18.7 Å². The van der Waals surface area contributed by atoms with Crippen LogP contribution < -0.4 is 5.32 Å². The first-order chi connectivity index (χ1) is 15.0. The van der Waals surface area contributed by atoms with E-state index in [9.17, 15) is 9.18 Å². The Hall–Kier alpha value is -3.62. The molecule has 31 heavy (non-hydrogen) atoms. The Labute approximate surface area is 188 Å². The number of nitrogens with zero attached hydrogens (tertiary/aromatic N) is 7. The third kappa shape index (κ3) is 4.30. The molecule has 4 rings (SSSR count). The van der Waals surface area contributed by atoms with Gasteiger partial charge >= 0.3 is 0 Å². The first kappa shape index (κ1) is 20.6. The van der Waals surface area contributed by atoms with Gasteiger partial charge in [-0.05, 0) is 46.3 Å². The maximum atomic E-state index is 13.5. The summed E-state index contributed by atoms with van der Waals surface area (Å²) < 4.78 is 16.7. The van der Waals surface area contributed by atoms with Crippen molar-refractivity contribution in [3.63, 3.8) is 0 Å². The lowest BCUT2D eigenvalue weighted by molar-refractivity contribution is 0.0942. The summed E-state index contributed by atoms with van der Waals surface area (Å²) in [6, 6.07) is 10.6. The van der Waals surface area contributed by atoms with Crippen molar-refractivity contribution in [2.75, 3.05) is 0 Å². The number of carbonyl (C=O) groups excluding carboxylic acids is 1. The topological polar surface area (TPSA) is 114 Å². The number of hydrogen-bond donors (Lipinski definition) is 1. The van der Waals surface area contributed by atoms with Crippen LogP contribution in [0.5, 0.6) is 0 Å². The maximum absolute atomic E-state index is 13.5. The number of amides is 1. The van der Waals surface area contributed by atoms with Crippen LogP contribution in [0, 0.1) is 17.1 Å². The minimum Gasteiger partial charge on any atom is -0.345 e. The van der Waals surface area contributed by atoms with Gasteiger partial charge in [0.25, 0.3) is 5.91 Å². The van der Waals surface area contributed by atoms with Gasteiger partial charge in [-0.3, -0.25) is 4.79 Å². The van der Waals surface area contributed by atoms with Crippen LogP contribution >= 0.6 is 27.5 Å². The Morgan fingerprint density at radius 3 is 2.94 bits per heavy atom. The zero-order chi connectivity index (χ0) is 22.0. The van der Waals surface area contributed by atoms with Crippen LogP contribution in [0.2, 0.25) is 5.02 Å². The predicted octanol–water partition coefficient (Wildman–Crippen LogP) is 3.20. The highest BCUT2D eigenvalue weighted by Gasteiger charge is 2.18. The number of hydrogen-bond acceptors (Lipinski definition) is 6. The van der Waals surface area contributed by atoms with Crippen molar-refractivity contribution in [2.45, 2.75) is 6.54 Å². The van der Waals surface area contributed by atoms with Gasteiger partial charge in [-0.2, -0.15) is 10.4 Å². The molecule has 154 valence electrons. The van der Waals surface area contributed by atoms with Crippen LogP contribution in [0.3, 0.4) is 0 Å². The van der Waals surface area contributed by atoms with Gasteiger partial charge in [-0.1, -0.05) is 16.8 Å². The van der Waals surface area contributed by atoms with Crippen molar-refractivity contribution in [3.8, 4) is 17.6 Å². The average molecular weight is 502 g/mol. The van der Waals surface area contributed by atoms with Crippen LogP contribution in [0.25, 0.3) is 11.5 Å². The van der Waals surface area contributed by atoms with Crippen molar-refractivity contribution >= 4 is 33.4 Å².